The van der Waals surface area contributed by atoms with Crippen molar-refractivity contribution in [1.82, 2.24) is 21.3 Å². The van der Waals surface area contributed by atoms with E-state index in [1.807, 2.05) is 58.4 Å². The van der Waals surface area contributed by atoms with Crippen molar-refractivity contribution in [1.29, 1.82) is 0 Å². The van der Waals surface area contributed by atoms with Gasteiger partial charge in [0, 0.05) is 23.8 Å². The van der Waals surface area contributed by atoms with Crippen molar-refractivity contribution in [2.75, 3.05) is 37.1 Å². The Hall–Kier alpha value is -5.44. The summed E-state index contributed by atoms with van der Waals surface area (Å²) in [6.07, 6.45) is 2.72. The zero-order valence-electron chi connectivity index (χ0n) is 32.9. The van der Waals surface area contributed by atoms with E-state index in [1.54, 1.807) is 45.0 Å². The number of hydrogen-bond acceptors (Lipinski definition) is 9. The molecule has 2 rings (SSSR count). The molecule has 0 saturated carbocycles. The molecule has 0 bridgehead atoms. The quantitative estimate of drug-likeness (QED) is 0.0738. The summed E-state index contributed by atoms with van der Waals surface area (Å²) in [5.74, 6) is -1.77. The number of alkyl carbamates (subject to hydrolysis) is 1. The topological polar surface area (TPSA) is 202 Å². The number of amides is 6. The van der Waals surface area contributed by atoms with E-state index in [0.29, 0.717) is 17.8 Å². The average Bonchev–Trinajstić information content (AvgIpc) is 3.12. The molecule has 0 aliphatic heterocycles. The van der Waals surface area contributed by atoms with E-state index in [1.165, 1.54) is 6.08 Å². The Morgan fingerprint density at radius 1 is 0.636 bits per heavy atom. The summed E-state index contributed by atoms with van der Waals surface area (Å²) in [5, 5.41) is 16.1. The zero-order chi connectivity index (χ0) is 40.9. The zero-order valence-corrected chi connectivity index (χ0v) is 32.9. The number of rotatable bonds is 22. The van der Waals surface area contributed by atoms with Crippen LogP contribution >= 0.6 is 0 Å². The molecule has 0 unspecified atom stereocenters. The summed E-state index contributed by atoms with van der Waals surface area (Å²) >= 11 is 0. The van der Waals surface area contributed by atoms with E-state index < -0.39 is 42.1 Å². The first-order chi connectivity index (χ1) is 26.1. The molecule has 2 aromatic carbocycles. The maximum absolute atomic E-state index is 12.8. The number of carbonyl (C=O) groups excluding carboxylic acids is 6. The van der Waals surface area contributed by atoms with Gasteiger partial charge in [-0.15, -0.1) is 0 Å². The molecule has 0 heterocycles. The van der Waals surface area contributed by atoms with E-state index in [2.05, 4.69) is 38.5 Å². The van der Waals surface area contributed by atoms with Crippen molar-refractivity contribution >= 4 is 47.2 Å². The standard InChI is InChI=1S/C40H57N6O9/c1-9-21-54-40(52)46-35(26(4)5)38(50)42-28(8)36(48)43-31-16-12-29(13-17-31)10-11-30-14-18-32(19-15-30)44-39(51)55-24-23-53-22-20-33(47)45-34(25(2)3)37(49)41-27(6)7/h9,11-19,25-28,34-35H,1,10,20-24H2,2-8H3,(H,41,49)(H,42,50)(H,43,48)(H,44,51)(H,45,47)(H,46,52)/t28-,34-,35-/m1/s1. The number of ether oxygens (including phenoxy) is 3. The van der Waals surface area contributed by atoms with Crippen molar-refractivity contribution in [2.45, 2.75) is 85.5 Å². The minimum atomic E-state index is -0.889. The number of benzene rings is 2. The van der Waals surface area contributed by atoms with Crippen LogP contribution in [0.15, 0.2) is 61.2 Å². The monoisotopic (exact) mass is 765 g/mol. The molecule has 0 saturated heterocycles. The van der Waals surface area contributed by atoms with E-state index in [-0.39, 0.29) is 62.5 Å². The van der Waals surface area contributed by atoms with Gasteiger partial charge in [0.2, 0.25) is 23.6 Å². The van der Waals surface area contributed by atoms with Gasteiger partial charge in [-0.25, -0.2) is 9.59 Å². The normalized spacial score (nSPS) is 12.5. The molecule has 6 N–H and O–H groups in total. The molecule has 1 radical (unpaired) electrons. The molecule has 2 aromatic rings. The molecule has 0 fully saturated rings. The SMILES string of the molecule is C=CCOC(=O)N[C@@H](C(=O)N[C@H](C)C(=O)Nc1ccc(C[CH]c2ccc(NC(=O)OCCOCCC(=O)N[C@@H](C(=O)NC(C)C)C(C)C)cc2)cc1)C(C)C. The number of nitrogens with one attached hydrogen (secondary N) is 6. The summed E-state index contributed by atoms with van der Waals surface area (Å²) < 4.78 is 15.5. The van der Waals surface area contributed by atoms with Gasteiger partial charge in [0.05, 0.1) is 13.2 Å². The molecule has 55 heavy (non-hydrogen) atoms. The van der Waals surface area contributed by atoms with Gasteiger partial charge in [-0.1, -0.05) is 64.6 Å². The van der Waals surface area contributed by atoms with Crippen molar-refractivity contribution < 1.29 is 43.0 Å². The smallest absolute Gasteiger partial charge is 0.411 e. The van der Waals surface area contributed by atoms with Gasteiger partial charge in [-0.05, 0) is 80.8 Å². The lowest BCUT2D eigenvalue weighted by molar-refractivity contribution is -0.130. The van der Waals surface area contributed by atoms with Crippen LogP contribution in [0.1, 0.15) is 66.0 Å². The van der Waals surface area contributed by atoms with Gasteiger partial charge in [0.15, 0.2) is 0 Å². The van der Waals surface area contributed by atoms with Crippen LogP contribution < -0.4 is 31.9 Å². The minimum Gasteiger partial charge on any atom is -0.447 e. The highest BCUT2D eigenvalue weighted by atomic mass is 16.6. The highest BCUT2D eigenvalue weighted by molar-refractivity contribution is 5.98. The molecule has 6 amide bonds. The third kappa shape index (κ3) is 18.0. The first-order valence-electron chi connectivity index (χ1n) is 18.4. The van der Waals surface area contributed by atoms with Gasteiger partial charge < -0.3 is 40.8 Å². The van der Waals surface area contributed by atoms with Crippen LogP contribution in [0.4, 0.5) is 21.0 Å². The number of hydrogen-bond donors (Lipinski definition) is 6. The Labute approximate surface area is 324 Å². The van der Waals surface area contributed by atoms with Crippen LogP contribution in [0.25, 0.3) is 0 Å². The lowest BCUT2D eigenvalue weighted by atomic mass is 10.0. The predicted molar refractivity (Wildman–Crippen MR) is 210 cm³/mol. The van der Waals surface area contributed by atoms with Crippen LogP contribution in [-0.4, -0.2) is 86.4 Å². The fourth-order valence-electron chi connectivity index (χ4n) is 4.89. The molecule has 0 aliphatic rings. The highest BCUT2D eigenvalue weighted by Crippen LogP contribution is 2.16. The van der Waals surface area contributed by atoms with Crippen molar-refractivity contribution in [3.63, 3.8) is 0 Å². The predicted octanol–water partition coefficient (Wildman–Crippen LogP) is 4.48. The largest absolute Gasteiger partial charge is 0.447 e. The fraction of sp³-hybridized carbons (Fsp3) is 0.475. The first kappa shape index (κ1) is 45.7. The van der Waals surface area contributed by atoms with Crippen LogP contribution in [0.5, 0.6) is 0 Å². The van der Waals surface area contributed by atoms with Crippen molar-refractivity contribution in [3.8, 4) is 0 Å². The van der Waals surface area contributed by atoms with Gasteiger partial charge in [-0.3, -0.25) is 24.5 Å². The summed E-state index contributed by atoms with van der Waals surface area (Å²) in [4.78, 5) is 74.3. The highest BCUT2D eigenvalue weighted by Gasteiger charge is 2.28. The third-order valence-corrected chi connectivity index (χ3v) is 7.89. The second kappa shape index (κ2) is 24.1. The first-order valence-corrected chi connectivity index (χ1v) is 18.4. The Morgan fingerprint density at radius 2 is 1.22 bits per heavy atom. The molecule has 301 valence electrons. The van der Waals surface area contributed by atoms with Crippen LogP contribution in [0.2, 0.25) is 0 Å². The van der Waals surface area contributed by atoms with E-state index in [9.17, 15) is 28.8 Å². The van der Waals surface area contributed by atoms with Crippen molar-refractivity contribution in [2.24, 2.45) is 11.8 Å². The molecule has 0 aromatic heterocycles. The van der Waals surface area contributed by atoms with E-state index in [4.69, 9.17) is 14.2 Å². The number of carbonyl (C=O) groups is 6. The van der Waals surface area contributed by atoms with Gasteiger partial charge >= 0.3 is 12.2 Å². The average molecular weight is 766 g/mol. The molecular formula is C40H57N6O9. The molecule has 0 spiro atoms. The molecular weight excluding hydrogens is 708 g/mol. The second-order valence-electron chi connectivity index (χ2n) is 13.8. The second-order valence-corrected chi connectivity index (χ2v) is 13.8. The third-order valence-electron chi connectivity index (χ3n) is 7.89. The maximum Gasteiger partial charge on any atom is 0.411 e. The summed E-state index contributed by atoms with van der Waals surface area (Å²) in [6.45, 7) is 16.2. The summed E-state index contributed by atoms with van der Waals surface area (Å²) in [6, 6.07) is 12.1. The Bertz CT molecular complexity index is 1560. The van der Waals surface area contributed by atoms with E-state index >= 15 is 0 Å². The van der Waals surface area contributed by atoms with Crippen LogP contribution in [0.3, 0.4) is 0 Å². The van der Waals surface area contributed by atoms with Crippen LogP contribution in [0, 0.1) is 18.3 Å². The molecule has 15 nitrogen and oxygen atoms in total. The molecule has 15 heteroatoms. The summed E-state index contributed by atoms with van der Waals surface area (Å²) in [7, 11) is 0. The Morgan fingerprint density at radius 3 is 1.82 bits per heavy atom. The van der Waals surface area contributed by atoms with Gasteiger partial charge in [0.25, 0.3) is 0 Å². The van der Waals surface area contributed by atoms with Crippen molar-refractivity contribution in [3.05, 3.63) is 78.7 Å². The molecule has 3 atom stereocenters. The molecule has 0 aliphatic carbocycles. The Balaban J connectivity index is 1.69. The lowest BCUT2D eigenvalue weighted by Crippen LogP contribution is -2.53. The maximum atomic E-state index is 12.8. The minimum absolute atomic E-state index is 0.00443. The number of anilines is 2. The van der Waals surface area contributed by atoms with Crippen LogP contribution in [-0.2, 0) is 39.8 Å². The summed E-state index contributed by atoms with van der Waals surface area (Å²) in [5.41, 5.74) is 3.04. The van der Waals surface area contributed by atoms with Gasteiger partial charge in [0.1, 0.15) is 31.3 Å². The lowest BCUT2D eigenvalue weighted by Gasteiger charge is -2.23. The van der Waals surface area contributed by atoms with Gasteiger partial charge in [-0.2, -0.15) is 0 Å². The fourth-order valence-corrected chi connectivity index (χ4v) is 4.89. The van der Waals surface area contributed by atoms with E-state index in [0.717, 1.165) is 11.1 Å². The Kier molecular flexibility index (Phi) is 20.0.